The first-order valence-electron chi connectivity index (χ1n) is 10.1. The lowest BCUT2D eigenvalue weighted by Gasteiger charge is -2.24. The van der Waals surface area contributed by atoms with Crippen molar-refractivity contribution >= 4 is 5.91 Å². The first-order chi connectivity index (χ1) is 13.1. The molecule has 5 heteroatoms. The van der Waals surface area contributed by atoms with E-state index in [1.807, 2.05) is 31.2 Å². The Morgan fingerprint density at radius 2 is 2.11 bits per heavy atom. The molecule has 1 fully saturated rings. The van der Waals surface area contributed by atoms with E-state index < -0.39 is 0 Å². The monoisotopic (exact) mass is 369 g/mol. The summed E-state index contributed by atoms with van der Waals surface area (Å²) >= 11 is 0. The second kappa shape index (κ2) is 9.58. The Kier molecular flexibility index (Phi) is 6.91. The van der Waals surface area contributed by atoms with Crippen molar-refractivity contribution in [2.75, 3.05) is 6.61 Å². The first-order valence-corrected chi connectivity index (χ1v) is 10.1. The molecule has 1 aromatic carbocycles. The van der Waals surface area contributed by atoms with Crippen molar-refractivity contribution in [2.24, 2.45) is 13.0 Å². The molecule has 0 bridgehead atoms. The van der Waals surface area contributed by atoms with Gasteiger partial charge < -0.3 is 10.1 Å². The van der Waals surface area contributed by atoms with Crippen molar-refractivity contribution in [1.82, 2.24) is 15.1 Å². The van der Waals surface area contributed by atoms with Gasteiger partial charge in [-0.2, -0.15) is 5.10 Å². The van der Waals surface area contributed by atoms with Gasteiger partial charge in [-0.05, 0) is 43.0 Å². The Morgan fingerprint density at radius 1 is 1.26 bits per heavy atom. The average Bonchev–Trinajstić information content (AvgIpc) is 2.96. The fourth-order valence-corrected chi connectivity index (χ4v) is 3.52. The number of hydrogen-bond donors (Lipinski definition) is 1. The van der Waals surface area contributed by atoms with E-state index in [4.69, 9.17) is 4.74 Å². The van der Waals surface area contributed by atoms with Crippen LogP contribution in [0.25, 0.3) is 0 Å². The highest BCUT2D eigenvalue weighted by atomic mass is 16.5. The minimum Gasteiger partial charge on any atom is -0.494 e. The van der Waals surface area contributed by atoms with Gasteiger partial charge in [0.05, 0.1) is 12.3 Å². The van der Waals surface area contributed by atoms with Crippen molar-refractivity contribution in [2.45, 2.75) is 58.4 Å². The standard InChI is InChI=1S/C22H31N3O2/c1-17-14-21(25(2)24-17)22(26)23-16-19-11-7-12-20(15-19)27-13-5-3-4-8-18-9-6-10-18/h7,11-12,14-15,18H,3-6,8-10,13,16H2,1-2H3,(H,23,26). The fraction of sp³-hybridized carbons (Fsp3) is 0.545. The van der Waals surface area contributed by atoms with E-state index in [0.717, 1.165) is 36.0 Å². The van der Waals surface area contributed by atoms with Crippen LogP contribution >= 0.6 is 0 Å². The van der Waals surface area contributed by atoms with Gasteiger partial charge in [0.25, 0.3) is 5.91 Å². The number of nitrogens with one attached hydrogen (secondary N) is 1. The van der Waals surface area contributed by atoms with Crippen LogP contribution in [0.5, 0.6) is 5.75 Å². The van der Waals surface area contributed by atoms with E-state index in [2.05, 4.69) is 10.4 Å². The molecule has 0 unspecified atom stereocenters. The molecule has 1 amide bonds. The van der Waals surface area contributed by atoms with Crippen molar-refractivity contribution in [3.05, 3.63) is 47.3 Å². The summed E-state index contributed by atoms with van der Waals surface area (Å²) in [6.07, 6.45) is 9.40. The third kappa shape index (κ3) is 5.84. The highest BCUT2D eigenvalue weighted by Crippen LogP contribution is 2.30. The Labute approximate surface area is 162 Å². The second-order valence-corrected chi connectivity index (χ2v) is 7.62. The molecule has 0 spiro atoms. The number of aromatic nitrogens is 2. The summed E-state index contributed by atoms with van der Waals surface area (Å²) in [5, 5.41) is 7.16. The van der Waals surface area contributed by atoms with Crippen LogP contribution in [0, 0.1) is 12.8 Å². The second-order valence-electron chi connectivity index (χ2n) is 7.62. The van der Waals surface area contributed by atoms with Crippen molar-refractivity contribution in [3.8, 4) is 5.75 Å². The van der Waals surface area contributed by atoms with Crippen LogP contribution in [-0.2, 0) is 13.6 Å². The van der Waals surface area contributed by atoms with Gasteiger partial charge in [0.1, 0.15) is 11.4 Å². The molecule has 1 aliphatic carbocycles. The number of hydrogen-bond acceptors (Lipinski definition) is 3. The van der Waals surface area contributed by atoms with E-state index in [1.165, 1.54) is 38.5 Å². The van der Waals surface area contributed by atoms with Crippen LogP contribution < -0.4 is 10.1 Å². The van der Waals surface area contributed by atoms with E-state index in [9.17, 15) is 4.79 Å². The quantitative estimate of drug-likeness (QED) is 0.632. The Hall–Kier alpha value is -2.30. The highest BCUT2D eigenvalue weighted by molar-refractivity contribution is 5.92. The molecule has 1 aliphatic rings. The number of nitrogens with zero attached hydrogens (tertiary/aromatic N) is 2. The highest BCUT2D eigenvalue weighted by Gasteiger charge is 2.16. The fourth-order valence-electron chi connectivity index (χ4n) is 3.52. The topological polar surface area (TPSA) is 56.1 Å². The largest absolute Gasteiger partial charge is 0.494 e. The predicted octanol–water partition coefficient (Wildman–Crippen LogP) is 4.40. The van der Waals surface area contributed by atoms with Gasteiger partial charge in [0.2, 0.25) is 0 Å². The smallest absolute Gasteiger partial charge is 0.269 e. The number of carbonyl (C=O) groups is 1. The third-order valence-electron chi connectivity index (χ3n) is 5.34. The number of aryl methyl sites for hydroxylation is 2. The van der Waals surface area contributed by atoms with E-state index in [-0.39, 0.29) is 5.91 Å². The molecule has 146 valence electrons. The molecule has 0 radical (unpaired) electrons. The zero-order chi connectivity index (χ0) is 19.1. The minimum absolute atomic E-state index is 0.115. The van der Waals surface area contributed by atoms with Crippen molar-refractivity contribution in [3.63, 3.8) is 0 Å². The summed E-state index contributed by atoms with van der Waals surface area (Å²) in [4.78, 5) is 12.3. The summed E-state index contributed by atoms with van der Waals surface area (Å²) in [6, 6.07) is 9.75. The van der Waals surface area contributed by atoms with Gasteiger partial charge in [0.15, 0.2) is 0 Å². The molecule has 0 atom stereocenters. The normalized spacial score (nSPS) is 14.0. The Balaban J connectivity index is 1.37. The number of carbonyl (C=O) groups excluding carboxylic acids is 1. The lowest BCUT2D eigenvalue weighted by atomic mass is 9.82. The van der Waals surface area contributed by atoms with E-state index >= 15 is 0 Å². The average molecular weight is 370 g/mol. The predicted molar refractivity (Wildman–Crippen MR) is 107 cm³/mol. The van der Waals surface area contributed by atoms with Gasteiger partial charge >= 0.3 is 0 Å². The summed E-state index contributed by atoms with van der Waals surface area (Å²) < 4.78 is 7.49. The van der Waals surface area contributed by atoms with Crippen molar-refractivity contribution < 1.29 is 9.53 Å². The number of rotatable bonds is 10. The zero-order valence-corrected chi connectivity index (χ0v) is 16.5. The van der Waals surface area contributed by atoms with Crippen LogP contribution in [-0.4, -0.2) is 22.3 Å². The summed E-state index contributed by atoms with van der Waals surface area (Å²) in [7, 11) is 1.78. The maximum Gasteiger partial charge on any atom is 0.269 e. The Morgan fingerprint density at radius 3 is 2.81 bits per heavy atom. The van der Waals surface area contributed by atoms with Crippen LogP contribution in [0.1, 0.15) is 66.7 Å². The number of amides is 1. The van der Waals surface area contributed by atoms with Crippen LogP contribution in [0.4, 0.5) is 0 Å². The van der Waals surface area contributed by atoms with Crippen molar-refractivity contribution in [1.29, 1.82) is 0 Å². The molecule has 27 heavy (non-hydrogen) atoms. The summed E-state index contributed by atoms with van der Waals surface area (Å²) in [5.74, 6) is 1.76. The molecule has 1 heterocycles. The lowest BCUT2D eigenvalue weighted by molar-refractivity contribution is 0.0941. The van der Waals surface area contributed by atoms with Crippen LogP contribution in [0.2, 0.25) is 0 Å². The molecule has 0 saturated heterocycles. The number of ether oxygens (including phenoxy) is 1. The first kappa shape index (κ1) is 19.5. The third-order valence-corrected chi connectivity index (χ3v) is 5.34. The van der Waals surface area contributed by atoms with Gasteiger partial charge in [0, 0.05) is 13.6 Å². The molecule has 5 nitrogen and oxygen atoms in total. The van der Waals surface area contributed by atoms with E-state index in [1.54, 1.807) is 17.8 Å². The minimum atomic E-state index is -0.115. The van der Waals surface area contributed by atoms with Crippen LogP contribution in [0.3, 0.4) is 0 Å². The summed E-state index contributed by atoms with van der Waals surface area (Å²) in [6.45, 7) is 3.11. The molecule has 0 aliphatic heterocycles. The van der Waals surface area contributed by atoms with Gasteiger partial charge in [-0.1, -0.05) is 50.7 Å². The number of benzene rings is 1. The maximum absolute atomic E-state index is 12.3. The van der Waals surface area contributed by atoms with Gasteiger partial charge in [-0.3, -0.25) is 9.48 Å². The molecule has 2 aromatic rings. The molecule has 1 aromatic heterocycles. The maximum atomic E-state index is 12.3. The number of unbranched alkanes of at least 4 members (excludes halogenated alkanes) is 2. The lowest BCUT2D eigenvalue weighted by Crippen LogP contribution is -2.25. The zero-order valence-electron chi connectivity index (χ0n) is 16.5. The molecule has 1 saturated carbocycles. The molecular formula is C22H31N3O2. The van der Waals surface area contributed by atoms with Crippen LogP contribution in [0.15, 0.2) is 30.3 Å². The summed E-state index contributed by atoms with van der Waals surface area (Å²) in [5.41, 5.74) is 2.44. The SMILES string of the molecule is Cc1cc(C(=O)NCc2cccc(OCCCCCC3CCC3)c2)n(C)n1. The van der Waals surface area contributed by atoms with Gasteiger partial charge in [-0.25, -0.2) is 0 Å². The molecular weight excluding hydrogens is 338 g/mol. The van der Waals surface area contributed by atoms with E-state index in [0.29, 0.717) is 12.2 Å². The Bertz CT molecular complexity index is 750. The molecule has 1 N–H and O–H groups in total. The van der Waals surface area contributed by atoms with Gasteiger partial charge in [-0.15, -0.1) is 0 Å². The molecule has 3 rings (SSSR count).